The number of carbonyl (C=O) groups is 2. The van der Waals surface area contributed by atoms with Crippen LogP contribution in [0.5, 0.6) is 11.5 Å². The van der Waals surface area contributed by atoms with E-state index in [2.05, 4.69) is 20.4 Å². The number of unbranched alkanes of at least 4 members (excludes halogenated alkanes) is 1. The zero-order valence-electron chi connectivity index (χ0n) is 17.8. The molecule has 34 heavy (non-hydrogen) atoms. The first-order valence-corrected chi connectivity index (χ1v) is 10.9. The Morgan fingerprint density at radius 2 is 1.82 bits per heavy atom. The molecular weight excluding hydrogens is 499 g/mol. The summed E-state index contributed by atoms with van der Waals surface area (Å²) in [4.78, 5) is 27.5. The van der Waals surface area contributed by atoms with E-state index >= 15 is 0 Å². The lowest BCUT2D eigenvalue weighted by atomic mass is 10.2. The van der Waals surface area contributed by atoms with Gasteiger partial charge in [0.1, 0.15) is 6.04 Å². The molecule has 0 fully saturated rings. The highest BCUT2D eigenvalue weighted by atomic mass is 35.5. The third-order valence-corrected chi connectivity index (χ3v) is 5.02. The van der Waals surface area contributed by atoms with Gasteiger partial charge in [0, 0.05) is 24.6 Å². The summed E-state index contributed by atoms with van der Waals surface area (Å²) in [6, 6.07) is 2.84. The molecule has 0 aliphatic rings. The van der Waals surface area contributed by atoms with E-state index in [9.17, 15) is 18.4 Å². The quantitative estimate of drug-likeness (QED) is 0.276. The number of carbonyl (C=O) groups excluding carboxylic acids is 1. The standard InChI is InChI=1S/C21H23Cl2F2N3O6/c22-13-10-26-11-14(23)18(13)28-19(30)12-3-4-16(34-21(24)25)17(9-12)33-8-2-1-6-27-15(5-7-29)20(31)32/h3-4,9-11,15,21,27,29H,1-2,5-8H2,(H,31,32)(H,26,28,30). The molecule has 13 heteroatoms. The topological polar surface area (TPSA) is 130 Å². The van der Waals surface area contributed by atoms with E-state index in [1.807, 2.05) is 0 Å². The van der Waals surface area contributed by atoms with Crippen molar-refractivity contribution in [3.05, 3.63) is 46.2 Å². The van der Waals surface area contributed by atoms with Crippen LogP contribution in [0.2, 0.25) is 10.0 Å². The fourth-order valence-corrected chi connectivity index (χ4v) is 3.26. The number of amides is 1. The first kappa shape index (κ1) is 27.5. The fraction of sp³-hybridized carbons (Fsp3) is 0.381. The van der Waals surface area contributed by atoms with Gasteiger partial charge in [-0.15, -0.1) is 0 Å². The third kappa shape index (κ3) is 8.56. The molecule has 1 amide bonds. The second-order valence-corrected chi connectivity index (χ2v) is 7.70. The van der Waals surface area contributed by atoms with Crippen LogP contribution in [-0.4, -0.2) is 59.5 Å². The Bertz CT molecular complexity index is 963. The highest BCUT2D eigenvalue weighted by Gasteiger charge is 2.18. The van der Waals surface area contributed by atoms with Gasteiger partial charge in [0.25, 0.3) is 5.91 Å². The van der Waals surface area contributed by atoms with Gasteiger partial charge in [-0.2, -0.15) is 8.78 Å². The number of aliphatic hydroxyl groups excluding tert-OH is 1. The van der Waals surface area contributed by atoms with Crippen LogP contribution in [0.15, 0.2) is 30.6 Å². The number of hydrogen-bond donors (Lipinski definition) is 4. The molecule has 2 aromatic rings. The minimum Gasteiger partial charge on any atom is -0.490 e. The highest BCUT2D eigenvalue weighted by molar-refractivity contribution is 6.39. The summed E-state index contributed by atoms with van der Waals surface area (Å²) < 4.78 is 35.5. The van der Waals surface area contributed by atoms with Crippen LogP contribution in [0.1, 0.15) is 29.6 Å². The first-order chi connectivity index (χ1) is 16.2. The van der Waals surface area contributed by atoms with E-state index in [0.717, 1.165) is 0 Å². The van der Waals surface area contributed by atoms with Crippen molar-refractivity contribution in [1.29, 1.82) is 0 Å². The minimum absolute atomic E-state index is 0.0727. The largest absolute Gasteiger partial charge is 0.490 e. The van der Waals surface area contributed by atoms with Crippen LogP contribution in [-0.2, 0) is 4.79 Å². The van der Waals surface area contributed by atoms with E-state index in [1.54, 1.807) is 0 Å². The molecule has 1 aromatic carbocycles. The van der Waals surface area contributed by atoms with Crippen molar-refractivity contribution in [3.63, 3.8) is 0 Å². The van der Waals surface area contributed by atoms with Gasteiger partial charge in [0.2, 0.25) is 0 Å². The van der Waals surface area contributed by atoms with Crippen LogP contribution in [0.4, 0.5) is 14.5 Å². The highest BCUT2D eigenvalue weighted by Crippen LogP contribution is 2.32. The number of aromatic nitrogens is 1. The summed E-state index contributed by atoms with van der Waals surface area (Å²) in [7, 11) is 0. The second kappa shape index (κ2) is 13.9. The van der Waals surface area contributed by atoms with E-state index in [1.165, 1.54) is 30.6 Å². The number of nitrogens with zero attached hydrogens (tertiary/aromatic N) is 1. The number of aliphatic hydroxyl groups is 1. The summed E-state index contributed by atoms with van der Waals surface area (Å²) in [6.07, 6.45) is 3.64. The Labute approximate surface area is 204 Å². The summed E-state index contributed by atoms with van der Waals surface area (Å²) >= 11 is 12.0. The monoisotopic (exact) mass is 521 g/mol. The lowest BCUT2D eigenvalue weighted by Gasteiger charge is -2.15. The number of nitrogens with one attached hydrogen (secondary N) is 2. The normalized spacial score (nSPS) is 11.8. The first-order valence-electron chi connectivity index (χ1n) is 10.1. The minimum atomic E-state index is -3.10. The van der Waals surface area contributed by atoms with E-state index < -0.39 is 24.5 Å². The SMILES string of the molecule is O=C(Nc1c(Cl)cncc1Cl)c1ccc(OC(F)F)c(OCCCCNC(CCO)C(=O)O)c1. The molecule has 2 rings (SSSR count). The zero-order valence-corrected chi connectivity index (χ0v) is 19.3. The van der Waals surface area contributed by atoms with Crippen LogP contribution < -0.4 is 20.1 Å². The fourth-order valence-electron chi connectivity index (χ4n) is 2.80. The van der Waals surface area contributed by atoms with Crippen LogP contribution in [0.25, 0.3) is 0 Å². The predicted octanol–water partition coefficient (Wildman–Crippen LogP) is 3.83. The molecule has 0 saturated carbocycles. The Morgan fingerprint density at radius 3 is 2.44 bits per heavy atom. The number of benzene rings is 1. The number of anilines is 1. The smallest absolute Gasteiger partial charge is 0.387 e. The molecule has 0 bridgehead atoms. The molecule has 186 valence electrons. The Kier molecular flexibility index (Phi) is 11.2. The molecule has 0 radical (unpaired) electrons. The molecule has 0 saturated heterocycles. The van der Waals surface area contributed by atoms with Crippen molar-refractivity contribution < 1.29 is 38.1 Å². The molecule has 4 N–H and O–H groups in total. The van der Waals surface area contributed by atoms with Gasteiger partial charge < -0.3 is 30.3 Å². The number of carboxylic acids is 1. The maximum Gasteiger partial charge on any atom is 0.387 e. The Hall–Kier alpha value is -2.73. The van der Waals surface area contributed by atoms with E-state index in [4.69, 9.17) is 38.2 Å². The second-order valence-electron chi connectivity index (χ2n) is 6.89. The van der Waals surface area contributed by atoms with Gasteiger partial charge in [0.05, 0.1) is 22.3 Å². The average molecular weight is 522 g/mol. The lowest BCUT2D eigenvalue weighted by Crippen LogP contribution is -2.38. The zero-order chi connectivity index (χ0) is 25.1. The van der Waals surface area contributed by atoms with Crippen LogP contribution in [0.3, 0.4) is 0 Å². The van der Waals surface area contributed by atoms with Gasteiger partial charge in [0.15, 0.2) is 11.5 Å². The number of rotatable bonds is 14. The van der Waals surface area contributed by atoms with Crippen molar-refractivity contribution in [3.8, 4) is 11.5 Å². The van der Waals surface area contributed by atoms with Crippen molar-refractivity contribution in [2.45, 2.75) is 31.9 Å². The number of ether oxygens (including phenoxy) is 2. The molecule has 0 aliphatic heterocycles. The van der Waals surface area contributed by atoms with Gasteiger partial charge in [-0.25, -0.2) is 0 Å². The van der Waals surface area contributed by atoms with Gasteiger partial charge >= 0.3 is 12.6 Å². The molecule has 1 aromatic heterocycles. The Balaban J connectivity index is 2.00. The number of pyridine rings is 1. The summed E-state index contributed by atoms with van der Waals surface area (Å²) in [5.74, 6) is -2.00. The molecule has 1 unspecified atom stereocenters. The van der Waals surface area contributed by atoms with Gasteiger partial charge in [-0.3, -0.25) is 14.6 Å². The van der Waals surface area contributed by atoms with Crippen molar-refractivity contribution in [1.82, 2.24) is 10.3 Å². The van der Waals surface area contributed by atoms with E-state index in [-0.39, 0.29) is 52.4 Å². The maximum absolute atomic E-state index is 12.8. The maximum atomic E-state index is 12.8. The predicted molar refractivity (Wildman–Crippen MR) is 121 cm³/mol. The lowest BCUT2D eigenvalue weighted by molar-refractivity contribution is -0.139. The molecule has 9 nitrogen and oxygen atoms in total. The number of hydrogen-bond acceptors (Lipinski definition) is 7. The average Bonchev–Trinajstić information content (AvgIpc) is 2.78. The van der Waals surface area contributed by atoms with Crippen LogP contribution >= 0.6 is 23.2 Å². The Morgan fingerprint density at radius 1 is 1.12 bits per heavy atom. The van der Waals surface area contributed by atoms with Crippen molar-refractivity contribution >= 4 is 40.8 Å². The molecule has 0 aliphatic carbocycles. The number of carboxylic acid groups (broad SMARTS) is 1. The van der Waals surface area contributed by atoms with Gasteiger partial charge in [-0.1, -0.05) is 23.2 Å². The number of aliphatic carboxylic acids is 1. The molecule has 1 heterocycles. The number of halogens is 4. The van der Waals surface area contributed by atoms with E-state index in [0.29, 0.717) is 19.4 Å². The molecular formula is C21H23Cl2F2N3O6. The third-order valence-electron chi connectivity index (χ3n) is 4.45. The van der Waals surface area contributed by atoms with Crippen LogP contribution in [0, 0.1) is 0 Å². The molecule has 0 spiro atoms. The number of alkyl halides is 2. The van der Waals surface area contributed by atoms with Crippen molar-refractivity contribution in [2.24, 2.45) is 0 Å². The van der Waals surface area contributed by atoms with Gasteiger partial charge in [-0.05, 0) is 44.0 Å². The summed E-state index contributed by atoms with van der Waals surface area (Å²) in [5, 5.41) is 23.5. The summed E-state index contributed by atoms with van der Waals surface area (Å²) in [5.41, 5.74) is 0.225. The van der Waals surface area contributed by atoms with Crippen molar-refractivity contribution in [2.75, 3.05) is 25.1 Å². The summed E-state index contributed by atoms with van der Waals surface area (Å²) in [6.45, 7) is -2.92. The molecule has 1 atom stereocenters.